The van der Waals surface area contributed by atoms with Crippen LogP contribution in [0.4, 0.5) is 10.8 Å². The molecule has 1 unspecified atom stereocenters. The van der Waals surface area contributed by atoms with Gasteiger partial charge in [-0.2, -0.15) is 0 Å². The van der Waals surface area contributed by atoms with E-state index in [2.05, 4.69) is 15.6 Å². The molecular weight excluding hydrogens is 370 g/mol. The molecule has 5 nitrogen and oxygen atoms in total. The van der Waals surface area contributed by atoms with Crippen LogP contribution in [0.1, 0.15) is 45.3 Å². The number of carbonyl (C=O) groups excluding carboxylic acids is 2. The molecule has 0 bridgehead atoms. The molecule has 0 spiro atoms. The number of aromatic nitrogens is 1. The molecule has 4 rings (SSSR count). The number of rotatable bonds is 4. The van der Waals surface area contributed by atoms with E-state index in [0.29, 0.717) is 10.7 Å². The fraction of sp³-hybridized carbons (Fsp3) is 0.227. The van der Waals surface area contributed by atoms with Gasteiger partial charge in [0.1, 0.15) is 0 Å². The molecule has 2 amide bonds. The fourth-order valence-corrected chi connectivity index (χ4v) is 4.41. The molecule has 6 heteroatoms. The molecule has 0 radical (unpaired) electrons. The largest absolute Gasteiger partial charge is 0.326 e. The summed E-state index contributed by atoms with van der Waals surface area (Å²) in [5, 5.41) is 6.41. The van der Waals surface area contributed by atoms with Crippen molar-refractivity contribution in [1.29, 1.82) is 0 Å². The van der Waals surface area contributed by atoms with E-state index in [1.807, 2.05) is 49.4 Å². The van der Waals surface area contributed by atoms with Crippen LogP contribution in [0.2, 0.25) is 0 Å². The molecule has 3 aromatic rings. The van der Waals surface area contributed by atoms with Crippen LogP contribution in [0, 0.1) is 6.92 Å². The number of fused-ring (bicyclic) bond motifs is 1. The summed E-state index contributed by atoms with van der Waals surface area (Å²) in [6.45, 7) is 2.01. The maximum atomic E-state index is 12.8. The Labute approximate surface area is 167 Å². The first-order chi connectivity index (χ1) is 13.6. The summed E-state index contributed by atoms with van der Waals surface area (Å²) in [5.41, 5.74) is 3.32. The second-order valence-electron chi connectivity index (χ2n) is 6.95. The zero-order valence-corrected chi connectivity index (χ0v) is 16.4. The zero-order chi connectivity index (χ0) is 19.5. The van der Waals surface area contributed by atoms with Gasteiger partial charge in [0.05, 0.1) is 11.6 Å². The molecule has 0 saturated heterocycles. The van der Waals surface area contributed by atoms with Crippen molar-refractivity contribution in [2.45, 2.75) is 32.1 Å². The highest BCUT2D eigenvalue weighted by molar-refractivity contribution is 7.16. The minimum absolute atomic E-state index is 0.0453. The lowest BCUT2D eigenvalue weighted by Crippen LogP contribution is -2.24. The Morgan fingerprint density at radius 3 is 2.54 bits per heavy atom. The van der Waals surface area contributed by atoms with Crippen molar-refractivity contribution in [2.75, 3.05) is 10.6 Å². The highest BCUT2D eigenvalue weighted by atomic mass is 32.1. The van der Waals surface area contributed by atoms with E-state index < -0.39 is 0 Å². The van der Waals surface area contributed by atoms with Gasteiger partial charge in [-0.3, -0.25) is 14.9 Å². The molecular formula is C22H21N3O2S. The van der Waals surface area contributed by atoms with Crippen LogP contribution in [0.3, 0.4) is 0 Å². The number of anilines is 2. The normalized spacial score (nSPS) is 15.5. The van der Waals surface area contributed by atoms with Crippen molar-refractivity contribution in [3.63, 3.8) is 0 Å². The zero-order valence-electron chi connectivity index (χ0n) is 15.6. The monoisotopic (exact) mass is 391 g/mol. The first-order valence-electron chi connectivity index (χ1n) is 9.33. The average molecular weight is 391 g/mol. The Bertz CT molecular complexity index is 996. The van der Waals surface area contributed by atoms with Crippen molar-refractivity contribution >= 4 is 34.0 Å². The van der Waals surface area contributed by atoms with Gasteiger partial charge in [-0.1, -0.05) is 35.9 Å². The Hall–Kier alpha value is -2.99. The van der Waals surface area contributed by atoms with Crippen LogP contribution in [0.25, 0.3) is 0 Å². The lowest BCUT2D eigenvalue weighted by atomic mass is 9.90. The smallest absolute Gasteiger partial charge is 0.257 e. The second-order valence-corrected chi connectivity index (χ2v) is 8.03. The van der Waals surface area contributed by atoms with Crippen molar-refractivity contribution in [2.24, 2.45) is 0 Å². The van der Waals surface area contributed by atoms with Gasteiger partial charge in [-0.05, 0) is 50.5 Å². The standard InChI is InChI=1S/C22H21N3O2S/c1-14-10-12-16(13-11-14)23-21(27)17-8-5-9-18-19(17)24-22(28-18)25-20(26)15-6-3-2-4-7-15/h2-4,6-7,10-13,17H,5,8-9H2,1H3,(H,23,27)(H,24,25,26). The first kappa shape index (κ1) is 18.4. The topological polar surface area (TPSA) is 71.1 Å². The highest BCUT2D eigenvalue weighted by Gasteiger charge is 2.30. The summed E-state index contributed by atoms with van der Waals surface area (Å²) in [6.07, 6.45) is 2.59. The Balaban J connectivity index is 1.50. The molecule has 0 fully saturated rings. The van der Waals surface area contributed by atoms with Crippen LogP contribution in [-0.2, 0) is 11.2 Å². The molecule has 2 N–H and O–H groups in total. The lowest BCUT2D eigenvalue weighted by Gasteiger charge is -2.20. The van der Waals surface area contributed by atoms with Crippen molar-refractivity contribution < 1.29 is 9.59 Å². The van der Waals surface area contributed by atoms with Gasteiger partial charge in [-0.25, -0.2) is 4.98 Å². The van der Waals surface area contributed by atoms with Crippen LogP contribution in [0.5, 0.6) is 0 Å². The summed E-state index contributed by atoms with van der Waals surface area (Å²) in [4.78, 5) is 30.9. The molecule has 28 heavy (non-hydrogen) atoms. The van der Waals surface area contributed by atoms with Crippen molar-refractivity contribution in [3.8, 4) is 0 Å². The van der Waals surface area contributed by atoms with E-state index in [9.17, 15) is 9.59 Å². The number of amides is 2. The third-order valence-electron chi connectivity index (χ3n) is 4.85. The Morgan fingerprint density at radius 1 is 1.04 bits per heavy atom. The molecule has 1 aliphatic carbocycles. The summed E-state index contributed by atoms with van der Waals surface area (Å²) >= 11 is 1.46. The number of thiazole rings is 1. The minimum atomic E-state index is -0.288. The van der Waals surface area contributed by atoms with Gasteiger partial charge in [0.15, 0.2) is 5.13 Å². The van der Waals surface area contributed by atoms with Crippen molar-refractivity contribution in [3.05, 3.63) is 76.3 Å². The van der Waals surface area contributed by atoms with E-state index in [0.717, 1.165) is 41.1 Å². The number of nitrogens with zero attached hydrogens (tertiary/aromatic N) is 1. The van der Waals surface area contributed by atoms with Gasteiger partial charge in [-0.15, -0.1) is 11.3 Å². The molecule has 0 saturated carbocycles. The van der Waals surface area contributed by atoms with E-state index in [1.54, 1.807) is 12.1 Å². The molecule has 2 aromatic carbocycles. The third kappa shape index (κ3) is 3.97. The van der Waals surface area contributed by atoms with E-state index >= 15 is 0 Å². The summed E-state index contributed by atoms with van der Waals surface area (Å²) in [5.74, 6) is -0.521. The maximum absolute atomic E-state index is 12.8. The van der Waals surface area contributed by atoms with Gasteiger partial charge >= 0.3 is 0 Å². The van der Waals surface area contributed by atoms with Crippen LogP contribution in [-0.4, -0.2) is 16.8 Å². The lowest BCUT2D eigenvalue weighted by molar-refractivity contribution is -0.117. The number of hydrogen-bond donors (Lipinski definition) is 2. The second kappa shape index (κ2) is 7.94. The third-order valence-corrected chi connectivity index (χ3v) is 5.89. The SMILES string of the molecule is Cc1ccc(NC(=O)C2CCCc3sc(NC(=O)c4ccccc4)nc32)cc1. The molecule has 0 aliphatic heterocycles. The summed E-state index contributed by atoms with van der Waals surface area (Å²) < 4.78 is 0. The molecule has 1 atom stereocenters. The molecule has 1 aliphatic rings. The Kier molecular flexibility index (Phi) is 5.21. The van der Waals surface area contributed by atoms with Crippen molar-refractivity contribution in [1.82, 2.24) is 4.98 Å². The van der Waals surface area contributed by atoms with E-state index in [1.165, 1.54) is 11.3 Å². The van der Waals surface area contributed by atoms with E-state index in [4.69, 9.17) is 0 Å². The highest BCUT2D eigenvalue weighted by Crippen LogP contribution is 2.37. The summed E-state index contributed by atoms with van der Waals surface area (Å²) in [7, 11) is 0. The molecule has 1 heterocycles. The number of hydrogen-bond acceptors (Lipinski definition) is 4. The quantitative estimate of drug-likeness (QED) is 0.673. The number of benzene rings is 2. The van der Waals surface area contributed by atoms with Gasteiger partial charge in [0.25, 0.3) is 5.91 Å². The summed E-state index contributed by atoms with van der Waals surface area (Å²) in [6, 6.07) is 16.8. The van der Waals surface area contributed by atoms with E-state index in [-0.39, 0.29) is 17.7 Å². The Morgan fingerprint density at radius 2 is 1.79 bits per heavy atom. The first-order valence-corrected chi connectivity index (χ1v) is 10.2. The number of aryl methyl sites for hydroxylation is 2. The maximum Gasteiger partial charge on any atom is 0.257 e. The van der Waals surface area contributed by atoms with Gasteiger partial charge in [0.2, 0.25) is 5.91 Å². The van der Waals surface area contributed by atoms with Gasteiger partial charge in [0, 0.05) is 16.1 Å². The predicted molar refractivity (Wildman–Crippen MR) is 112 cm³/mol. The van der Waals surface area contributed by atoms with Crippen LogP contribution >= 0.6 is 11.3 Å². The number of nitrogens with one attached hydrogen (secondary N) is 2. The molecule has 1 aromatic heterocycles. The number of carbonyl (C=O) groups is 2. The van der Waals surface area contributed by atoms with Gasteiger partial charge < -0.3 is 5.32 Å². The average Bonchev–Trinajstić information content (AvgIpc) is 3.12. The van der Waals surface area contributed by atoms with Crippen LogP contribution in [0.15, 0.2) is 54.6 Å². The minimum Gasteiger partial charge on any atom is -0.326 e. The molecule has 142 valence electrons. The van der Waals surface area contributed by atoms with Crippen LogP contribution < -0.4 is 10.6 Å². The fourth-order valence-electron chi connectivity index (χ4n) is 3.35. The predicted octanol–water partition coefficient (Wildman–Crippen LogP) is 4.76.